The maximum Gasteiger partial charge on any atom is 0.150 e. The van der Waals surface area contributed by atoms with Crippen molar-refractivity contribution >= 4 is 29.0 Å². The van der Waals surface area contributed by atoms with Crippen LogP contribution in [0.1, 0.15) is 0 Å². The summed E-state index contributed by atoms with van der Waals surface area (Å²) in [7, 11) is 1.64. The molecule has 1 fully saturated rings. The number of benzene rings is 1. The minimum atomic E-state index is -1.03. The maximum absolute atomic E-state index is 14.0. The van der Waals surface area contributed by atoms with Crippen LogP contribution in [0.5, 0.6) is 11.5 Å². The molecule has 7 nitrogen and oxygen atoms in total. The Morgan fingerprint density at radius 1 is 1.16 bits per heavy atom. The van der Waals surface area contributed by atoms with E-state index in [9.17, 15) is 4.39 Å². The Kier molecular flexibility index (Phi) is 6.74. The highest BCUT2D eigenvalue weighted by molar-refractivity contribution is 5.86. The fraction of sp³-hybridized carbons (Fsp3) is 0.304. The smallest absolute Gasteiger partial charge is 0.150 e. The highest BCUT2D eigenvalue weighted by Crippen LogP contribution is 2.30. The molecule has 1 saturated heterocycles. The molecule has 9 heteroatoms. The number of hydrogen-bond donors (Lipinski definition) is 1. The molecule has 1 aliphatic rings. The number of imidazole rings is 1. The van der Waals surface area contributed by atoms with Gasteiger partial charge in [-0.3, -0.25) is 4.40 Å². The van der Waals surface area contributed by atoms with Crippen molar-refractivity contribution in [2.45, 2.75) is 12.3 Å². The number of methoxy groups -OCH3 is 1. The molecule has 5 rings (SSSR count). The lowest BCUT2D eigenvalue weighted by Gasteiger charge is -2.16. The van der Waals surface area contributed by atoms with Gasteiger partial charge in [0.2, 0.25) is 0 Å². The number of ether oxygens (including phenoxy) is 3. The summed E-state index contributed by atoms with van der Waals surface area (Å²) < 4.78 is 32.7. The Labute approximate surface area is 190 Å². The third-order valence-corrected chi connectivity index (χ3v) is 5.35. The molecule has 0 bridgehead atoms. The first-order valence-electron chi connectivity index (χ1n) is 10.2. The van der Waals surface area contributed by atoms with E-state index in [1.807, 2.05) is 53.1 Å². The molecule has 0 spiro atoms. The molecular formula is C23H24ClFN4O3. The van der Waals surface area contributed by atoms with Crippen LogP contribution < -0.4 is 14.8 Å². The number of halogens is 2. The first-order valence-corrected chi connectivity index (χ1v) is 10.2. The van der Waals surface area contributed by atoms with Crippen molar-refractivity contribution in [3.05, 3.63) is 54.9 Å². The van der Waals surface area contributed by atoms with Gasteiger partial charge in [-0.2, -0.15) is 0 Å². The van der Waals surface area contributed by atoms with Gasteiger partial charge >= 0.3 is 0 Å². The molecule has 1 N–H and O–H groups in total. The van der Waals surface area contributed by atoms with E-state index in [2.05, 4.69) is 10.3 Å². The van der Waals surface area contributed by atoms with E-state index >= 15 is 0 Å². The molecule has 0 unspecified atom stereocenters. The van der Waals surface area contributed by atoms with Crippen molar-refractivity contribution in [1.82, 2.24) is 19.7 Å². The van der Waals surface area contributed by atoms with Crippen LogP contribution in [0.4, 0.5) is 4.39 Å². The molecule has 0 amide bonds. The molecule has 0 saturated carbocycles. The fourth-order valence-electron chi connectivity index (χ4n) is 3.74. The molecule has 0 radical (unpaired) electrons. The summed E-state index contributed by atoms with van der Waals surface area (Å²) in [5.41, 5.74) is 3.06. The fourth-order valence-corrected chi connectivity index (χ4v) is 3.74. The summed E-state index contributed by atoms with van der Waals surface area (Å²) in [5, 5.41) is 3.95. The highest BCUT2D eigenvalue weighted by Gasteiger charge is 2.29. The largest absolute Gasteiger partial charge is 0.491 e. The normalized spacial score (nSPS) is 18.1. The van der Waals surface area contributed by atoms with Gasteiger partial charge in [0, 0.05) is 37.8 Å². The van der Waals surface area contributed by atoms with Crippen LogP contribution in [0.3, 0.4) is 0 Å². The second kappa shape index (κ2) is 9.68. The molecule has 32 heavy (non-hydrogen) atoms. The lowest BCUT2D eigenvalue weighted by atomic mass is 10.1. The number of fused-ring (bicyclic) bond motifs is 2. The number of para-hydroxylation sites is 1. The van der Waals surface area contributed by atoms with Gasteiger partial charge in [0.15, 0.2) is 6.17 Å². The van der Waals surface area contributed by atoms with Gasteiger partial charge in [-0.05, 0) is 18.2 Å². The summed E-state index contributed by atoms with van der Waals surface area (Å²) in [4.78, 5) is 9.34. The summed E-state index contributed by atoms with van der Waals surface area (Å²) in [5.74, 6) is 1.31. The number of pyridine rings is 2. The van der Waals surface area contributed by atoms with E-state index in [1.54, 1.807) is 13.3 Å². The number of alkyl halides is 1. The second-order valence-electron chi connectivity index (χ2n) is 7.43. The van der Waals surface area contributed by atoms with E-state index in [-0.39, 0.29) is 12.4 Å². The van der Waals surface area contributed by atoms with Crippen LogP contribution in [0.15, 0.2) is 54.9 Å². The lowest BCUT2D eigenvalue weighted by Crippen LogP contribution is -2.27. The molecular weight excluding hydrogens is 435 g/mol. The van der Waals surface area contributed by atoms with Gasteiger partial charge in [-0.25, -0.2) is 14.4 Å². The number of rotatable bonds is 7. The average molecular weight is 459 g/mol. The third-order valence-electron chi connectivity index (χ3n) is 5.35. The summed E-state index contributed by atoms with van der Waals surface area (Å²) in [6.07, 6.45) is 2.15. The molecule has 168 valence electrons. The van der Waals surface area contributed by atoms with Crippen LogP contribution in [0.25, 0.3) is 27.9 Å². The monoisotopic (exact) mass is 458 g/mol. The average Bonchev–Trinajstić information content (AvgIpc) is 3.40. The third kappa shape index (κ3) is 4.34. The second-order valence-corrected chi connectivity index (χ2v) is 7.43. The van der Waals surface area contributed by atoms with Crippen LogP contribution in [-0.4, -0.2) is 60.1 Å². The van der Waals surface area contributed by atoms with Crippen LogP contribution in [0.2, 0.25) is 0 Å². The van der Waals surface area contributed by atoms with Crippen molar-refractivity contribution in [2.75, 3.05) is 33.4 Å². The highest BCUT2D eigenvalue weighted by atomic mass is 35.5. The van der Waals surface area contributed by atoms with Crippen molar-refractivity contribution in [3.8, 4) is 22.9 Å². The Balaban J connectivity index is 0.00000245. The molecule has 1 aromatic carbocycles. The molecule has 1 aliphatic heterocycles. The zero-order valence-electron chi connectivity index (χ0n) is 17.5. The summed E-state index contributed by atoms with van der Waals surface area (Å²) >= 11 is 0. The van der Waals surface area contributed by atoms with Gasteiger partial charge in [0.25, 0.3) is 0 Å². The Bertz CT molecular complexity index is 1220. The molecule has 4 aromatic rings. The summed E-state index contributed by atoms with van der Waals surface area (Å²) in [6, 6.07) is 13.4. The lowest BCUT2D eigenvalue weighted by molar-refractivity contribution is 0.141. The number of nitrogens with one attached hydrogen (secondary N) is 1. The van der Waals surface area contributed by atoms with Gasteiger partial charge in [0.1, 0.15) is 35.4 Å². The molecule has 4 heterocycles. The zero-order valence-corrected chi connectivity index (χ0v) is 18.3. The van der Waals surface area contributed by atoms with Gasteiger partial charge in [-0.15, -0.1) is 12.4 Å². The van der Waals surface area contributed by atoms with Crippen LogP contribution in [-0.2, 0) is 4.74 Å². The maximum atomic E-state index is 14.0. The standard InChI is InChI=1S/C23H23FN4O3.ClH/c1-29-9-10-30-16-7-8-28-19(13-26-22(28)11-16)18-6-5-15-3-2-4-20(23(15)27-18)31-21-14-25-12-17(21)24;/h2-8,11,13,17,21,25H,9-10,12,14H2,1H3;1H/t17-,21+;/m0./s1. The van der Waals surface area contributed by atoms with E-state index in [4.69, 9.17) is 19.2 Å². The predicted octanol–water partition coefficient (Wildman–Crippen LogP) is 3.69. The first-order chi connectivity index (χ1) is 15.2. The molecule has 3 aromatic heterocycles. The van der Waals surface area contributed by atoms with Crippen molar-refractivity contribution < 1.29 is 18.6 Å². The van der Waals surface area contributed by atoms with Gasteiger partial charge in [0.05, 0.1) is 24.2 Å². The minimum Gasteiger partial charge on any atom is -0.491 e. The van der Waals surface area contributed by atoms with Gasteiger partial charge in [-0.1, -0.05) is 18.2 Å². The van der Waals surface area contributed by atoms with Crippen molar-refractivity contribution in [1.29, 1.82) is 0 Å². The number of hydrogen-bond acceptors (Lipinski definition) is 6. The van der Waals surface area contributed by atoms with E-state index in [1.165, 1.54) is 0 Å². The molecule has 0 aliphatic carbocycles. The van der Waals surface area contributed by atoms with E-state index in [0.29, 0.717) is 37.6 Å². The van der Waals surface area contributed by atoms with Crippen molar-refractivity contribution in [2.24, 2.45) is 0 Å². The SMILES string of the molecule is COCCOc1ccn2c(-c3ccc4cccc(O[C@@H]5CNC[C@@H]5F)c4n3)cnc2c1.Cl. The Morgan fingerprint density at radius 3 is 2.88 bits per heavy atom. The number of aromatic nitrogens is 3. The van der Waals surface area contributed by atoms with Crippen molar-refractivity contribution in [3.63, 3.8) is 0 Å². The Morgan fingerprint density at radius 2 is 2.06 bits per heavy atom. The summed E-state index contributed by atoms with van der Waals surface area (Å²) in [6.45, 7) is 1.80. The molecule has 2 atom stereocenters. The van der Waals surface area contributed by atoms with Crippen LogP contribution >= 0.6 is 12.4 Å². The van der Waals surface area contributed by atoms with Crippen LogP contribution in [0, 0.1) is 0 Å². The quantitative estimate of drug-likeness (QED) is 0.426. The Hall–Kier alpha value is -2.94. The predicted molar refractivity (Wildman–Crippen MR) is 123 cm³/mol. The number of nitrogens with zero attached hydrogens (tertiary/aromatic N) is 3. The zero-order chi connectivity index (χ0) is 21.2. The van der Waals surface area contributed by atoms with Gasteiger partial charge < -0.3 is 19.5 Å². The van der Waals surface area contributed by atoms with E-state index < -0.39 is 12.3 Å². The first kappa shape index (κ1) is 22.3. The van der Waals surface area contributed by atoms with E-state index in [0.717, 1.165) is 28.2 Å². The topological polar surface area (TPSA) is 69.9 Å². The minimum absolute atomic E-state index is 0.